The Hall–Kier alpha value is -1.51. The molecule has 128 valence electrons. The summed E-state index contributed by atoms with van der Waals surface area (Å²) in [4.78, 5) is 0. The Bertz CT molecular complexity index is 765. The van der Waals surface area contributed by atoms with Crippen LogP contribution in [0.5, 0.6) is 5.75 Å². The van der Waals surface area contributed by atoms with Gasteiger partial charge < -0.3 is 4.74 Å². The van der Waals surface area contributed by atoms with Crippen LogP contribution >= 0.6 is 11.6 Å². The number of nitrogens with zero attached hydrogens (tertiary/aromatic N) is 1. The van der Waals surface area contributed by atoms with E-state index in [4.69, 9.17) is 16.3 Å². The van der Waals surface area contributed by atoms with Gasteiger partial charge in [-0.05, 0) is 56.5 Å². The summed E-state index contributed by atoms with van der Waals surface area (Å²) < 4.78 is 7.42. The van der Waals surface area contributed by atoms with Gasteiger partial charge in [-0.1, -0.05) is 29.8 Å². The van der Waals surface area contributed by atoms with Gasteiger partial charge in [-0.25, -0.2) is 0 Å². The molecule has 1 heterocycles. The number of benzene rings is 2. The maximum Gasteiger partial charge on any atom is 0.237 e. The van der Waals surface area contributed by atoms with E-state index in [1.165, 1.54) is 22.3 Å². The zero-order chi connectivity index (χ0) is 17.5. The lowest BCUT2D eigenvalue weighted by atomic mass is 9.95. The molecule has 0 fully saturated rings. The second-order valence-corrected chi connectivity index (χ2v) is 7.51. The first-order valence-corrected chi connectivity index (χ1v) is 9.17. The second kappa shape index (κ2) is 6.42. The van der Waals surface area contributed by atoms with Crippen LogP contribution < -0.4 is 4.74 Å². The minimum atomic E-state index is 0.164. The number of quaternary nitrogens is 1. The first-order chi connectivity index (χ1) is 11.4. The van der Waals surface area contributed by atoms with E-state index in [-0.39, 0.29) is 6.23 Å². The van der Waals surface area contributed by atoms with Gasteiger partial charge in [-0.3, -0.25) is 4.48 Å². The van der Waals surface area contributed by atoms with Crippen LogP contribution in [0.1, 0.15) is 30.5 Å². The molecule has 2 nitrogen and oxygen atoms in total. The van der Waals surface area contributed by atoms with Crippen LogP contribution in [0.4, 0.5) is 0 Å². The molecule has 0 radical (unpaired) electrons. The maximum absolute atomic E-state index is 6.50. The predicted octanol–water partition coefficient (Wildman–Crippen LogP) is 5.37. The number of hydrogen-bond donors (Lipinski definition) is 0. The molecule has 2 aromatic carbocycles. The van der Waals surface area contributed by atoms with Crippen molar-refractivity contribution < 1.29 is 9.22 Å². The Morgan fingerprint density at radius 2 is 1.83 bits per heavy atom. The maximum atomic E-state index is 6.50. The lowest BCUT2D eigenvalue weighted by Gasteiger charge is -2.37. The van der Waals surface area contributed by atoms with Crippen molar-refractivity contribution in [3.8, 4) is 16.9 Å². The largest absolute Gasteiger partial charge is 0.441 e. The molecule has 0 amide bonds. The SMILES string of the molecule is CC[N+](C)(CC)C1Cc2cc(Cl)cc(-c3cccc(C)c3C)c2O1. The molecule has 3 heteroatoms. The number of aryl methyl sites for hydroxylation is 1. The van der Waals surface area contributed by atoms with Gasteiger partial charge in [0.1, 0.15) is 5.75 Å². The molecular formula is C21H27ClNO+. The Kier molecular flexibility index (Phi) is 4.63. The zero-order valence-electron chi connectivity index (χ0n) is 15.3. The lowest BCUT2D eigenvalue weighted by Crippen LogP contribution is -2.54. The molecule has 0 bridgehead atoms. The van der Waals surface area contributed by atoms with Gasteiger partial charge in [0.25, 0.3) is 0 Å². The Labute approximate surface area is 150 Å². The van der Waals surface area contributed by atoms with Crippen LogP contribution in [0.25, 0.3) is 11.1 Å². The monoisotopic (exact) mass is 344 g/mol. The molecule has 0 saturated heterocycles. The lowest BCUT2D eigenvalue weighted by molar-refractivity contribution is -0.946. The van der Waals surface area contributed by atoms with Crippen LogP contribution in [0, 0.1) is 13.8 Å². The van der Waals surface area contributed by atoms with E-state index in [0.717, 1.165) is 40.3 Å². The average Bonchev–Trinajstić information content (AvgIpc) is 3.00. The standard InChI is InChI=1S/C21H27ClNO/c1-6-23(5,7-2)20-12-16-11-17(22)13-19(21(16)24-20)18-10-8-9-14(3)15(18)4/h8-11,13,20H,6-7,12H2,1-5H3/q+1. The molecule has 1 atom stereocenters. The highest BCUT2D eigenvalue weighted by molar-refractivity contribution is 6.31. The molecule has 3 rings (SSSR count). The summed E-state index contributed by atoms with van der Waals surface area (Å²) in [5.41, 5.74) is 6.15. The van der Waals surface area contributed by atoms with E-state index < -0.39 is 0 Å². The van der Waals surface area contributed by atoms with Crippen LogP contribution in [-0.4, -0.2) is 30.8 Å². The Balaban J connectivity index is 2.10. The fraction of sp³-hybridized carbons (Fsp3) is 0.429. The average molecular weight is 345 g/mol. The van der Waals surface area contributed by atoms with Crippen molar-refractivity contribution in [1.29, 1.82) is 0 Å². The Morgan fingerprint density at radius 1 is 1.12 bits per heavy atom. The van der Waals surface area contributed by atoms with Gasteiger partial charge in [0.15, 0.2) is 0 Å². The van der Waals surface area contributed by atoms with Crippen LogP contribution in [0.3, 0.4) is 0 Å². The van der Waals surface area contributed by atoms with Crippen molar-refractivity contribution in [2.45, 2.75) is 40.3 Å². The van der Waals surface area contributed by atoms with Gasteiger partial charge in [-0.15, -0.1) is 0 Å². The molecule has 0 aromatic heterocycles. The third-order valence-electron chi connectivity index (χ3n) is 5.81. The normalized spacial score (nSPS) is 16.8. The molecule has 2 aromatic rings. The molecule has 0 N–H and O–H groups in total. The first-order valence-electron chi connectivity index (χ1n) is 8.79. The van der Waals surface area contributed by atoms with Crippen molar-refractivity contribution in [2.75, 3.05) is 20.1 Å². The number of rotatable bonds is 4. The summed E-state index contributed by atoms with van der Waals surface area (Å²) in [5, 5.41) is 0.788. The minimum absolute atomic E-state index is 0.164. The highest BCUT2D eigenvalue weighted by Gasteiger charge is 2.38. The number of halogens is 1. The van der Waals surface area contributed by atoms with E-state index in [1.54, 1.807) is 0 Å². The van der Waals surface area contributed by atoms with Crippen molar-refractivity contribution >= 4 is 11.6 Å². The summed E-state index contributed by atoms with van der Waals surface area (Å²) in [6.07, 6.45) is 1.09. The van der Waals surface area contributed by atoms with Crippen LogP contribution in [-0.2, 0) is 6.42 Å². The van der Waals surface area contributed by atoms with Crippen LogP contribution in [0.15, 0.2) is 30.3 Å². The molecule has 1 aliphatic rings. The van der Waals surface area contributed by atoms with Crippen molar-refractivity contribution in [1.82, 2.24) is 0 Å². The molecule has 0 saturated carbocycles. The topological polar surface area (TPSA) is 9.23 Å². The summed E-state index contributed by atoms with van der Waals surface area (Å²) in [7, 11) is 2.27. The van der Waals surface area contributed by atoms with E-state index in [2.05, 4.69) is 59.0 Å². The Morgan fingerprint density at radius 3 is 2.50 bits per heavy atom. The molecule has 0 spiro atoms. The summed E-state index contributed by atoms with van der Waals surface area (Å²) >= 11 is 6.44. The highest BCUT2D eigenvalue weighted by Crippen LogP contribution is 2.43. The molecule has 0 aliphatic carbocycles. The summed E-state index contributed by atoms with van der Waals surface area (Å²) in [6.45, 7) is 10.9. The molecule has 24 heavy (non-hydrogen) atoms. The summed E-state index contributed by atoms with van der Waals surface area (Å²) in [6, 6.07) is 10.5. The van der Waals surface area contributed by atoms with Crippen molar-refractivity contribution in [3.63, 3.8) is 0 Å². The molecule has 1 aliphatic heterocycles. The highest BCUT2D eigenvalue weighted by atomic mass is 35.5. The first kappa shape index (κ1) is 17.3. The van der Waals surface area contributed by atoms with E-state index >= 15 is 0 Å². The summed E-state index contributed by atoms with van der Waals surface area (Å²) in [5.74, 6) is 1.02. The third kappa shape index (κ3) is 2.82. The quantitative estimate of drug-likeness (QED) is 0.677. The van der Waals surface area contributed by atoms with Crippen LogP contribution in [0.2, 0.25) is 5.02 Å². The van der Waals surface area contributed by atoms with Gasteiger partial charge in [0.05, 0.1) is 26.6 Å². The van der Waals surface area contributed by atoms with E-state index in [0.29, 0.717) is 0 Å². The zero-order valence-corrected chi connectivity index (χ0v) is 16.1. The molecule has 1 unspecified atom stereocenters. The van der Waals surface area contributed by atoms with Gasteiger partial charge in [0.2, 0.25) is 6.23 Å². The number of ether oxygens (including phenoxy) is 1. The van der Waals surface area contributed by atoms with E-state index in [1.807, 2.05) is 6.07 Å². The van der Waals surface area contributed by atoms with Crippen molar-refractivity contribution in [3.05, 3.63) is 52.0 Å². The minimum Gasteiger partial charge on any atom is -0.441 e. The second-order valence-electron chi connectivity index (χ2n) is 7.08. The van der Waals surface area contributed by atoms with Crippen molar-refractivity contribution in [2.24, 2.45) is 0 Å². The number of hydrogen-bond acceptors (Lipinski definition) is 1. The molecular weight excluding hydrogens is 318 g/mol. The fourth-order valence-electron chi connectivity index (χ4n) is 3.53. The van der Waals surface area contributed by atoms with Gasteiger partial charge in [-0.2, -0.15) is 0 Å². The predicted molar refractivity (Wildman–Crippen MR) is 102 cm³/mol. The van der Waals surface area contributed by atoms with E-state index in [9.17, 15) is 0 Å². The van der Waals surface area contributed by atoms with Gasteiger partial charge in [0, 0.05) is 16.1 Å². The third-order valence-corrected chi connectivity index (χ3v) is 6.03. The number of likely N-dealkylation sites (N-methyl/N-ethyl adjacent to an activating group) is 1. The smallest absolute Gasteiger partial charge is 0.237 e. The fourth-order valence-corrected chi connectivity index (χ4v) is 3.77. The number of fused-ring (bicyclic) bond motifs is 1. The van der Waals surface area contributed by atoms with Gasteiger partial charge >= 0.3 is 0 Å².